The van der Waals surface area contributed by atoms with Crippen molar-refractivity contribution in [3.8, 4) is 0 Å². The molecule has 2 rings (SSSR count). The maximum absolute atomic E-state index is 11.3. The fourth-order valence-electron chi connectivity index (χ4n) is 1.13. The summed E-state index contributed by atoms with van der Waals surface area (Å²) in [5.74, 6) is -0.300. The molecule has 2 aromatic rings. The Kier molecular flexibility index (Phi) is 2.78. The molecule has 1 aromatic carbocycles. The molecule has 75 valence electrons. The minimum Gasteiger partial charge on any atom is -0.455 e. The number of aromatic amines is 1. The number of esters is 1. The molecule has 0 atom stereocenters. The number of carbonyl (C=O) groups excluding carboxylic acids is 1. The van der Waals surface area contributed by atoms with E-state index in [1.54, 1.807) is 0 Å². The largest absolute Gasteiger partial charge is 0.455 e. The average molecular weight is 201 g/mol. The number of carbonyl (C=O) groups is 1. The summed E-state index contributed by atoms with van der Waals surface area (Å²) < 4.78 is 5.02. The lowest BCUT2D eigenvalue weighted by Crippen LogP contribution is -2.06. The van der Waals surface area contributed by atoms with Crippen LogP contribution in [0, 0.1) is 6.20 Å². The number of aromatic nitrogens is 2. The highest BCUT2D eigenvalue weighted by Crippen LogP contribution is 2.02. The van der Waals surface area contributed by atoms with E-state index in [0.29, 0.717) is 0 Å². The van der Waals surface area contributed by atoms with Crippen molar-refractivity contribution in [3.05, 3.63) is 54.1 Å². The lowest BCUT2D eigenvalue weighted by atomic mass is 10.2. The predicted octanol–water partition coefficient (Wildman–Crippen LogP) is 1.57. The van der Waals surface area contributed by atoms with Crippen molar-refractivity contribution < 1.29 is 9.53 Å². The molecule has 0 spiro atoms. The molecule has 1 N–H and O–H groups in total. The molecule has 0 saturated carbocycles. The number of ether oxygens (including phenoxy) is 1. The van der Waals surface area contributed by atoms with Gasteiger partial charge in [0.15, 0.2) is 0 Å². The summed E-state index contributed by atoms with van der Waals surface area (Å²) in [6.45, 7) is 0.250. The molecular formula is C11H9N2O2. The van der Waals surface area contributed by atoms with Crippen LogP contribution in [0.25, 0.3) is 0 Å². The van der Waals surface area contributed by atoms with E-state index in [4.69, 9.17) is 4.74 Å². The van der Waals surface area contributed by atoms with Gasteiger partial charge in [0.2, 0.25) is 5.82 Å². The molecule has 1 radical (unpaired) electrons. The van der Waals surface area contributed by atoms with Gasteiger partial charge in [0.1, 0.15) is 12.8 Å². The molecular weight excluding hydrogens is 192 g/mol. The SMILES string of the molecule is O=C(OCc1ccccc1)c1n[c]c[nH]1. The van der Waals surface area contributed by atoms with Crippen LogP contribution in [0.4, 0.5) is 0 Å². The van der Waals surface area contributed by atoms with Crippen molar-refractivity contribution in [2.75, 3.05) is 0 Å². The van der Waals surface area contributed by atoms with Crippen molar-refractivity contribution in [2.24, 2.45) is 0 Å². The third kappa shape index (κ3) is 2.43. The van der Waals surface area contributed by atoms with Crippen LogP contribution in [-0.2, 0) is 11.3 Å². The first-order chi connectivity index (χ1) is 7.36. The highest BCUT2D eigenvalue weighted by Gasteiger charge is 2.08. The Morgan fingerprint density at radius 1 is 1.40 bits per heavy atom. The zero-order chi connectivity index (χ0) is 10.5. The maximum atomic E-state index is 11.3. The van der Waals surface area contributed by atoms with E-state index in [1.807, 2.05) is 30.3 Å². The second-order valence-corrected chi connectivity index (χ2v) is 2.94. The molecule has 0 saturated heterocycles. The number of nitrogens with zero attached hydrogens (tertiary/aromatic N) is 1. The van der Waals surface area contributed by atoms with Crippen LogP contribution in [0.3, 0.4) is 0 Å². The number of benzene rings is 1. The van der Waals surface area contributed by atoms with Gasteiger partial charge in [-0.2, -0.15) is 0 Å². The highest BCUT2D eigenvalue weighted by atomic mass is 16.5. The molecule has 1 aromatic heterocycles. The Balaban J connectivity index is 1.92. The summed E-state index contributed by atoms with van der Waals surface area (Å²) >= 11 is 0. The van der Waals surface area contributed by atoms with Crippen LogP contribution in [0.2, 0.25) is 0 Å². The Labute approximate surface area is 86.9 Å². The minimum atomic E-state index is -0.472. The fourth-order valence-corrected chi connectivity index (χ4v) is 1.13. The standard InChI is InChI=1S/C11H9N2O2/c14-11(10-12-6-7-13-10)15-8-9-4-2-1-3-5-9/h1-6H,8H2,(H,12,13). The van der Waals surface area contributed by atoms with Crippen LogP contribution < -0.4 is 0 Å². The van der Waals surface area contributed by atoms with E-state index in [1.165, 1.54) is 6.20 Å². The Bertz CT molecular complexity index is 423. The third-order valence-electron chi connectivity index (χ3n) is 1.86. The van der Waals surface area contributed by atoms with Crippen LogP contribution in [0.15, 0.2) is 36.5 Å². The Morgan fingerprint density at radius 2 is 2.20 bits per heavy atom. The van der Waals surface area contributed by atoms with Gasteiger partial charge in [0, 0.05) is 6.20 Å². The van der Waals surface area contributed by atoms with Gasteiger partial charge in [0.25, 0.3) is 0 Å². The molecule has 4 nitrogen and oxygen atoms in total. The molecule has 1 heterocycles. The van der Waals surface area contributed by atoms with Crippen molar-refractivity contribution >= 4 is 5.97 Å². The summed E-state index contributed by atoms with van der Waals surface area (Å²) in [6, 6.07) is 9.48. The van der Waals surface area contributed by atoms with Crippen molar-refractivity contribution in [1.82, 2.24) is 9.97 Å². The maximum Gasteiger partial charge on any atom is 0.374 e. The van der Waals surface area contributed by atoms with Crippen molar-refractivity contribution in [1.29, 1.82) is 0 Å². The molecule has 4 heteroatoms. The van der Waals surface area contributed by atoms with Gasteiger partial charge >= 0.3 is 5.97 Å². The number of hydrogen-bond acceptors (Lipinski definition) is 3. The number of hydrogen-bond donors (Lipinski definition) is 1. The lowest BCUT2D eigenvalue weighted by Gasteiger charge is -2.02. The quantitative estimate of drug-likeness (QED) is 0.767. The molecule has 0 aliphatic rings. The monoisotopic (exact) mass is 201 g/mol. The molecule has 0 aliphatic carbocycles. The van der Waals surface area contributed by atoms with Crippen LogP contribution in [0.5, 0.6) is 0 Å². The molecule has 15 heavy (non-hydrogen) atoms. The summed E-state index contributed by atoms with van der Waals surface area (Å²) in [4.78, 5) is 17.6. The Morgan fingerprint density at radius 3 is 2.87 bits per heavy atom. The zero-order valence-electron chi connectivity index (χ0n) is 7.93. The lowest BCUT2D eigenvalue weighted by molar-refractivity contribution is 0.0459. The van der Waals surface area contributed by atoms with Gasteiger partial charge < -0.3 is 9.72 Å². The second-order valence-electron chi connectivity index (χ2n) is 2.94. The fraction of sp³-hybridized carbons (Fsp3) is 0.0909. The number of H-pyrrole nitrogens is 1. The van der Waals surface area contributed by atoms with Crippen LogP contribution in [0.1, 0.15) is 16.2 Å². The smallest absolute Gasteiger partial charge is 0.374 e. The number of imidazole rings is 1. The van der Waals surface area contributed by atoms with Crippen LogP contribution in [-0.4, -0.2) is 15.9 Å². The number of nitrogens with one attached hydrogen (secondary N) is 1. The van der Waals surface area contributed by atoms with E-state index in [9.17, 15) is 4.79 Å². The minimum absolute atomic E-state index is 0.172. The Hall–Kier alpha value is -2.10. The van der Waals surface area contributed by atoms with E-state index in [0.717, 1.165) is 5.56 Å². The summed E-state index contributed by atoms with van der Waals surface area (Å²) in [5, 5.41) is 0. The third-order valence-corrected chi connectivity index (χ3v) is 1.86. The topological polar surface area (TPSA) is 55.0 Å². The number of rotatable bonds is 3. The summed E-state index contributed by atoms with van der Waals surface area (Å²) in [6.07, 6.45) is 3.96. The van der Waals surface area contributed by atoms with E-state index >= 15 is 0 Å². The zero-order valence-corrected chi connectivity index (χ0v) is 7.93. The van der Waals surface area contributed by atoms with Gasteiger partial charge in [-0.15, -0.1) is 0 Å². The van der Waals surface area contributed by atoms with E-state index in [2.05, 4.69) is 16.2 Å². The summed E-state index contributed by atoms with van der Waals surface area (Å²) in [5.41, 5.74) is 0.946. The van der Waals surface area contributed by atoms with Gasteiger partial charge in [-0.25, -0.2) is 9.78 Å². The first-order valence-corrected chi connectivity index (χ1v) is 4.49. The first-order valence-electron chi connectivity index (χ1n) is 4.49. The van der Waals surface area contributed by atoms with Crippen LogP contribution >= 0.6 is 0 Å². The average Bonchev–Trinajstić information content (AvgIpc) is 2.81. The van der Waals surface area contributed by atoms with Crippen molar-refractivity contribution in [2.45, 2.75) is 6.61 Å². The van der Waals surface area contributed by atoms with Crippen molar-refractivity contribution in [3.63, 3.8) is 0 Å². The van der Waals surface area contributed by atoms with Gasteiger partial charge in [-0.05, 0) is 5.56 Å². The van der Waals surface area contributed by atoms with Gasteiger partial charge in [-0.1, -0.05) is 30.3 Å². The second kappa shape index (κ2) is 4.41. The molecule has 0 unspecified atom stereocenters. The first kappa shape index (κ1) is 9.45. The van der Waals surface area contributed by atoms with E-state index in [-0.39, 0.29) is 12.4 Å². The highest BCUT2D eigenvalue weighted by molar-refractivity contribution is 5.84. The van der Waals surface area contributed by atoms with Gasteiger partial charge in [0.05, 0.1) is 0 Å². The molecule has 0 aliphatic heterocycles. The predicted molar refractivity (Wildman–Crippen MR) is 53.0 cm³/mol. The van der Waals surface area contributed by atoms with E-state index < -0.39 is 5.97 Å². The normalized spacial score (nSPS) is 9.87. The molecule has 0 fully saturated rings. The van der Waals surface area contributed by atoms with Gasteiger partial charge in [-0.3, -0.25) is 0 Å². The summed E-state index contributed by atoms with van der Waals surface area (Å²) in [7, 11) is 0. The molecule has 0 bridgehead atoms. The molecule has 0 amide bonds.